The van der Waals surface area contributed by atoms with Crippen molar-refractivity contribution in [1.29, 1.82) is 0 Å². The molecule has 0 aromatic heterocycles. The first-order valence-electron chi connectivity index (χ1n) is 9.92. The summed E-state index contributed by atoms with van der Waals surface area (Å²) >= 11 is 5.88. The lowest BCUT2D eigenvalue weighted by Gasteiger charge is -2.35. The summed E-state index contributed by atoms with van der Waals surface area (Å²) in [6.07, 6.45) is 8.70. The van der Waals surface area contributed by atoms with Crippen LogP contribution >= 0.6 is 11.6 Å². The molecule has 26 heavy (non-hydrogen) atoms. The first-order valence-corrected chi connectivity index (χ1v) is 10.3. The van der Waals surface area contributed by atoms with Crippen LogP contribution in [0, 0.1) is 5.92 Å². The summed E-state index contributed by atoms with van der Waals surface area (Å²) in [6, 6.07) is 7.41. The van der Waals surface area contributed by atoms with Crippen molar-refractivity contribution >= 4 is 23.4 Å². The van der Waals surface area contributed by atoms with Crippen molar-refractivity contribution in [1.82, 2.24) is 9.80 Å². The highest BCUT2D eigenvalue weighted by Gasteiger charge is 2.24. The van der Waals surface area contributed by atoms with Gasteiger partial charge in [-0.25, -0.2) is 0 Å². The van der Waals surface area contributed by atoms with E-state index in [1.807, 2.05) is 34.1 Å². The molecule has 0 radical (unpaired) electrons. The first kappa shape index (κ1) is 19.2. The van der Waals surface area contributed by atoms with E-state index >= 15 is 0 Å². The van der Waals surface area contributed by atoms with Crippen LogP contribution in [0.4, 0.5) is 0 Å². The van der Waals surface area contributed by atoms with E-state index < -0.39 is 0 Å². The van der Waals surface area contributed by atoms with Gasteiger partial charge in [0.1, 0.15) is 0 Å². The summed E-state index contributed by atoms with van der Waals surface area (Å²) in [5, 5.41) is 0.682. The van der Waals surface area contributed by atoms with Gasteiger partial charge in [0.05, 0.1) is 6.42 Å². The predicted octanol–water partition coefficient (Wildman–Crippen LogP) is 3.91. The number of hydrogen-bond acceptors (Lipinski definition) is 2. The van der Waals surface area contributed by atoms with Gasteiger partial charge in [0.25, 0.3) is 0 Å². The summed E-state index contributed by atoms with van der Waals surface area (Å²) < 4.78 is 0. The molecule has 1 saturated heterocycles. The zero-order chi connectivity index (χ0) is 18.4. The van der Waals surface area contributed by atoms with Gasteiger partial charge >= 0.3 is 0 Å². The molecule has 0 N–H and O–H groups in total. The minimum Gasteiger partial charge on any atom is -0.339 e. The van der Waals surface area contributed by atoms with Crippen molar-refractivity contribution in [2.24, 2.45) is 5.92 Å². The van der Waals surface area contributed by atoms with Crippen molar-refractivity contribution in [2.45, 2.75) is 51.4 Å². The van der Waals surface area contributed by atoms with Crippen LogP contribution in [0.15, 0.2) is 24.3 Å². The fourth-order valence-electron chi connectivity index (χ4n) is 4.06. The molecule has 1 heterocycles. The van der Waals surface area contributed by atoms with Gasteiger partial charge < -0.3 is 9.80 Å². The van der Waals surface area contributed by atoms with Gasteiger partial charge in [0.15, 0.2) is 0 Å². The number of rotatable bonds is 5. The molecule has 0 unspecified atom stereocenters. The third kappa shape index (κ3) is 5.47. The van der Waals surface area contributed by atoms with Crippen LogP contribution in [0.5, 0.6) is 0 Å². The lowest BCUT2D eigenvalue weighted by atomic mass is 9.86. The molecule has 0 atom stereocenters. The lowest BCUT2D eigenvalue weighted by molar-refractivity contribution is -0.139. The number of amides is 2. The number of halogens is 1. The number of piperazine rings is 1. The van der Waals surface area contributed by atoms with E-state index in [9.17, 15) is 9.59 Å². The van der Waals surface area contributed by atoms with Crippen molar-refractivity contribution in [2.75, 3.05) is 26.2 Å². The Kier molecular flexibility index (Phi) is 6.95. The minimum atomic E-state index is 0.127. The summed E-state index contributed by atoms with van der Waals surface area (Å²) in [5.74, 6) is 1.14. The molecule has 142 valence electrons. The smallest absolute Gasteiger partial charge is 0.227 e. The predicted molar refractivity (Wildman–Crippen MR) is 104 cm³/mol. The molecular formula is C21H29ClN2O2. The van der Waals surface area contributed by atoms with Gasteiger partial charge in [-0.1, -0.05) is 55.8 Å². The average molecular weight is 377 g/mol. The summed E-state index contributed by atoms with van der Waals surface area (Å²) in [6.45, 7) is 2.61. The maximum Gasteiger partial charge on any atom is 0.227 e. The van der Waals surface area contributed by atoms with Gasteiger partial charge in [0, 0.05) is 37.6 Å². The highest BCUT2D eigenvalue weighted by molar-refractivity contribution is 6.30. The number of benzene rings is 1. The molecule has 5 heteroatoms. The van der Waals surface area contributed by atoms with Crippen LogP contribution in [0.1, 0.15) is 50.5 Å². The quantitative estimate of drug-likeness (QED) is 0.781. The third-order valence-corrected chi connectivity index (χ3v) is 6.00. The fraction of sp³-hybridized carbons (Fsp3) is 0.619. The molecular weight excluding hydrogens is 348 g/mol. The van der Waals surface area contributed by atoms with Crippen LogP contribution in [-0.4, -0.2) is 47.8 Å². The van der Waals surface area contributed by atoms with Crippen LogP contribution in [0.2, 0.25) is 5.02 Å². The molecule has 1 aromatic carbocycles. The van der Waals surface area contributed by atoms with E-state index in [4.69, 9.17) is 11.6 Å². The first-order chi connectivity index (χ1) is 12.6. The molecule has 1 aliphatic carbocycles. The second-order valence-corrected chi connectivity index (χ2v) is 8.04. The Hall–Kier alpha value is -1.55. The Morgan fingerprint density at radius 3 is 2.08 bits per heavy atom. The van der Waals surface area contributed by atoms with Gasteiger partial charge in [-0.05, 0) is 30.0 Å². The molecule has 1 saturated carbocycles. The maximum absolute atomic E-state index is 12.5. The monoisotopic (exact) mass is 376 g/mol. The SMILES string of the molecule is O=C(CCC1CCCCC1)N1CCN(C(=O)Cc2ccc(Cl)cc2)CC1. The highest BCUT2D eigenvalue weighted by atomic mass is 35.5. The van der Waals surface area contributed by atoms with E-state index in [-0.39, 0.29) is 11.8 Å². The van der Waals surface area contributed by atoms with Crippen LogP contribution in [0.3, 0.4) is 0 Å². The molecule has 1 aromatic rings. The zero-order valence-corrected chi connectivity index (χ0v) is 16.2. The van der Waals surface area contributed by atoms with Crippen molar-refractivity contribution < 1.29 is 9.59 Å². The third-order valence-electron chi connectivity index (χ3n) is 5.74. The Balaban J connectivity index is 1.39. The minimum absolute atomic E-state index is 0.127. The van der Waals surface area contributed by atoms with Crippen LogP contribution in [0.25, 0.3) is 0 Å². The number of hydrogen-bond donors (Lipinski definition) is 0. The van der Waals surface area contributed by atoms with E-state index in [2.05, 4.69) is 0 Å². The topological polar surface area (TPSA) is 40.6 Å². The molecule has 4 nitrogen and oxygen atoms in total. The molecule has 2 fully saturated rings. The molecule has 3 rings (SSSR count). The number of carbonyl (C=O) groups excluding carboxylic acids is 2. The fourth-order valence-corrected chi connectivity index (χ4v) is 4.18. The number of nitrogens with zero attached hydrogens (tertiary/aromatic N) is 2. The second-order valence-electron chi connectivity index (χ2n) is 7.61. The molecule has 0 bridgehead atoms. The number of carbonyl (C=O) groups is 2. The molecule has 1 aliphatic heterocycles. The highest BCUT2D eigenvalue weighted by Crippen LogP contribution is 2.27. The summed E-state index contributed by atoms with van der Waals surface area (Å²) in [7, 11) is 0. The van der Waals surface area contributed by atoms with Crippen LogP contribution < -0.4 is 0 Å². The van der Waals surface area contributed by atoms with Gasteiger partial charge in [0.2, 0.25) is 11.8 Å². The Bertz CT molecular complexity index is 603. The molecule has 0 spiro atoms. The van der Waals surface area contributed by atoms with Crippen LogP contribution in [-0.2, 0) is 16.0 Å². The van der Waals surface area contributed by atoms with Crippen molar-refractivity contribution in [3.63, 3.8) is 0 Å². The Morgan fingerprint density at radius 2 is 1.46 bits per heavy atom. The zero-order valence-electron chi connectivity index (χ0n) is 15.5. The van der Waals surface area contributed by atoms with Gasteiger partial charge in [-0.15, -0.1) is 0 Å². The standard InChI is InChI=1S/C21H29ClN2O2/c22-19-9-6-18(7-10-19)16-21(26)24-14-12-23(13-15-24)20(25)11-8-17-4-2-1-3-5-17/h6-7,9-10,17H,1-5,8,11-16H2. The lowest BCUT2D eigenvalue weighted by Crippen LogP contribution is -2.51. The largest absolute Gasteiger partial charge is 0.339 e. The Morgan fingerprint density at radius 1 is 0.885 bits per heavy atom. The summed E-state index contributed by atoms with van der Waals surface area (Å²) in [5.41, 5.74) is 0.977. The van der Waals surface area contributed by atoms with E-state index in [0.29, 0.717) is 44.0 Å². The molecule has 2 aliphatic rings. The Labute approximate surface area is 161 Å². The van der Waals surface area contributed by atoms with Crippen molar-refractivity contribution in [3.8, 4) is 0 Å². The maximum atomic E-state index is 12.5. The van der Waals surface area contributed by atoms with E-state index in [1.165, 1.54) is 32.1 Å². The normalized spacial score (nSPS) is 18.8. The second kappa shape index (κ2) is 9.40. The van der Waals surface area contributed by atoms with E-state index in [0.717, 1.165) is 17.9 Å². The molecule has 2 amide bonds. The van der Waals surface area contributed by atoms with Gasteiger partial charge in [-0.2, -0.15) is 0 Å². The summed E-state index contributed by atoms with van der Waals surface area (Å²) in [4.78, 5) is 28.7. The van der Waals surface area contributed by atoms with Gasteiger partial charge in [-0.3, -0.25) is 9.59 Å². The average Bonchev–Trinajstić information content (AvgIpc) is 2.69. The van der Waals surface area contributed by atoms with Crippen molar-refractivity contribution in [3.05, 3.63) is 34.9 Å². The van der Waals surface area contributed by atoms with E-state index in [1.54, 1.807) is 0 Å².